The van der Waals surface area contributed by atoms with Crippen LogP contribution in [0.4, 0.5) is 17.6 Å². The van der Waals surface area contributed by atoms with Gasteiger partial charge in [0.1, 0.15) is 12.4 Å². The highest BCUT2D eigenvalue weighted by molar-refractivity contribution is 6.59. The van der Waals surface area contributed by atoms with Crippen LogP contribution in [0.2, 0.25) is 0 Å². The molecule has 0 saturated carbocycles. The number of rotatable bonds is 4. The van der Waals surface area contributed by atoms with E-state index in [-0.39, 0.29) is 11.0 Å². The Morgan fingerprint density at radius 1 is 1.24 bits per heavy atom. The molecule has 8 heteroatoms. The molecule has 0 aliphatic heterocycles. The van der Waals surface area contributed by atoms with Crippen LogP contribution in [-0.2, 0) is 11.3 Å². The van der Waals surface area contributed by atoms with Gasteiger partial charge in [-0.3, -0.25) is 0 Å². The van der Waals surface area contributed by atoms with Gasteiger partial charge in [0.05, 0.1) is 6.61 Å². The van der Waals surface area contributed by atoms with Crippen molar-refractivity contribution in [2.24, 2.45) is 0 Å². The van der Waals surface area contributed by atoms with Crippen molar-refractivity contribution in [1.29, 1.82) is 0 Å². The third-order valence-electron chi connectivity index (χ3n) is 1.91. The molecule has 0 unspecified atom stereocenters. The van der Waals surface area contributed by atoms with Crippen molar-refractivity contribution in [1.82, 2.24) is 0 Å². The Bertz CT molecular complexity index is 381. The topological polar surface area (TPSA) is 49.7 Å². The van der Waals surface area contributed by atoms with Crippen LogP contribution in [0.1, 0.15) is 5.56 Å². The lowest BCUT2D eigenvalue weighted by Gasteiger charge is -2.11. The Labute approximate surface area is 94.8 Å². The molecule has 2 N–H and O–H groups in total. The first kappa shape index (κ1) is 13.9. The summed E-state index contributed by atoms with van der Waals surface area (Å²) in [5, 5.41) is 17.8. The SMILES string of the molecule is OB(O)c1cc(F)ccc1COCC(F)(F)F. The van der Waals surface area contributed by atoms with Crippen LogP contribution in [0.25, 0.3) is 0 Å². The maximum Gasteiger partial charge on any atom is 0.488 e. The van der Waals surface area contributed by atoms with Gasteiger partial charge in [-0.2, -0.15) is 13.2 Å². The molecule has 0 saturated heterocycles. The third kappa shape index (κ3) is 4.72. The molecule has 0 aliphatic carbocycles. The minimum Gasteiger partial charge on any atom is -0.423 e. The number of benzene rings is 1. The fraction of sp³-hybridized carbons (Fsp3) is 0.333. The van der Waals surface area contributed by atoms with Crippen molar-refractivity contribution in [2.45, 2.75) is 12.8 Å². The maximum absolute atomic E-state index is 12.8. The van der Waals surface area contributed by atoms with Crippen molar-refractivity contribution in [3.63, 3.8) is 0 Å². The van der Waals surface area contributed by atoms with Crippen LogP contribution in [0.3, 0.4) is 0 Å². The van der Waals surface area contributed by atoms with Crippen molar-refractivity contribution in [2.75, 3.05) is 6.61 Å². The molecule has 0 amide bonds. The second-order valence-corrected chi connectivity index (χ2v) is 3.32. The first-order valence-corrected chi connectivity index (χ1v) is 4.58. The van der Waals surface area contributed by atoms with E-state index in [1.807, 2.05) is 0 Å². The predicted molar refractivity (Wildman–Crippen MR) is 51.9 cm³/mol. The van der Waals surface area contributed by atoms with Gasteiger partial charge in [-0.1, -0.05) is 6.07 Å². The van der Waals surface area contributed by atoms with E-state index in [4.69, 9.17) is 10.0 Å². The largest absolute Gasteiger partial charge is 0.488 e. The van der Waals surface area contributed by atoms with Gasteiger partial charge < -0.3 is 14.8 Å². The Balaban J connectivity index is 2.70. The Hall–Kier alpha value is -1.12. The Kier molecular flexibility index (Phi) is 4.50. The number of ether oxygens (including phenoxy) is 1. The van der Waals surface area contributed by atoms with Crippen molar-refractivity contribution in [3.05, 3.63) is 29.6 Å². The van der Waals surface area contributed by atoms with Gasteiger partial charge in [0, 0.05) is 0 Å². The lowest BCUT2D eigenvalue weighted by molar-refractivity contribution is -0.176. The Morgan fingerprint density at radius 3 is 2.41 bits per heavy atom. The Morgan fingerprint density at radius 2 is 1.88 bits per heavy atom. The average Bonchev–Trinajstić information content (AvgIpc) is 2.18. The van der Waals surface area contributed by atoms with Gasteiger partial charge in [0.2, 0.25) is 0 Å². The molecule has 3 nitrogen and oxygen atoms in total. The number of hydrogen-bond acceptors (Lipinski definition) is 3. The lowest BCUT2D eigenvalue weighted by Crippen LogP contribution is -2.34. The van der Waals surface area contributed by atoms with E-state index in [9.17, 15) is 17.6 Å². The lowest BCUT2D eigenvalue weighted by atomic mass is 9.77. The monoisotopic (exact) mass is 252 g/mol. The molecule has 17 heavy (non-hydrogen) atoms. The molecule has 1 rings (SSSR count). The molecule has 0 aromatic heterocycles. The summed E-state index contributed by atoms with van der Waals surface area (Å²) in [7, 11) is -1.96. The number of halogens is 4. The zero-order chi connectivity index (χ0) is 13.1. The van der Waals surface area contributed by atoms with E-state index >= 15 is 0 Å². The molecule has 0 aliphatic rings. The van der Waals surface area contributed by atoms with E-state index in [0.29, 0.717) is 0 Å². The van der Waals surface area contributed by atoms with Crippen molar-refractivity contribution < 1.29 is 32.3 Å². The second-order valence-electron chi connectivity index (χ2n) is 3.32. The molecule has 0 heterocycles. The van der Waals surface area contributed by atoms with E-state index in [2.05, 4.69) is 4.74 Å². The van der Waals surface area contributed by atoms with Crippen LogP contribution < -0.4 is 5.46 Å². The van der Waals surface area contributed by atoms with Gasteiger partial charge in [0.25, 0.3) is 0 Å². The zero-order valence-electron chi connectivity index (χ0n) is 8.54. The quantitative estimate of drug-likeness (QED) is 0.608. The molecule has 1 aromatic rings. The highest BCUT2D eigenvalue weighted by atomic mass is 19.4. The summed E-state index contributed by atoms with van der Waals surface area (Å²) >= 11 is 0. The highest BCUT2D eigenvalue weighted by Crippen LogP contribution is 2.15. The maximum atomic E-state index is 12.8. The average molecular weight is 252 g/mol. The molecule has 0 radical (unpaired) electrons. The van der Waals surface area contributed by atoms with E-state index in [1.165, 1.54) is 0 Å². The van der Waals surface area contributed by atoms with Crippen molar-refractivity contribution in [3.8, 4) is 0 Å². The van der Waals surface area contributed by atoms with Gasteiger partial charge in [-0.25, -0.2) is 4.39 Å². The smallest absolute Gasteiger partial charge is 0.423 e. The number of hydrogen-bond donors (Lipinski definition) is 2. The van der Waals surface area contributed by atoms with Crippen LogP contribution in [0.5, 0.6) is 0 Å². The minimum absolute atomic E-state index is 0.0886. The summed E-state index contributed by atoms with van der Waals surface area (Å²) in [6.07, 6.45) is -4.46. The summed E-state index contributed by atoms with van der Waals surface area (Å²) in [6, 6.07) is 2.97. The highest BCUT2D eigenvalue weighted by Gasteiger charge is 2.27. The molecule has 0 spiro atoms. The van der Waals surface area contributed by atoms with Crippen LogP contribution in [0.15, 0.2) is 18.2 Å². The summed E-state index contributed by atoms with van der Waals surface area (Å²) in [5.74, 6) is -0.715. The van der Waals surface area contributed by atoms with Gasteiger partial charge in [0.15, 0.2) is 0 Å². The van der Waals surface area contributed by atoms with Gasteiger partial charge in [-0.05, 0) is 23.2 Å². The van der Waals surface area contributed by atoms with Crippen molar-refractivity contribution >= 4 is 12.6 Å². The van der Waals surface area contributed by atoms with E-state index in [1.54, 1.807) is 0 Å². The van der Waals surface area contributed by atoms with Crippen LogP contribution in [-0.4, -0.2) is 29.9 Å². The van der Waals surface area contributed by atoms with E-state index in [0.717, 1.165) is 18.2 Å². The fourth-order valence-electron chi connectivity index (χ4n) is 1.21. The molecular formula is C9H9BF4O3. The molecule has 0 atom stereocenters. The molecule has 0 fully saturated rings. The van der Waals surface area contributed by atoms with Crippen LogP contribution >= 0.6 is 0 Å². The predicted octanol–water partition coefficient (Wildman–Crippen LogP) is 0.584. The fourth-order valence-corrected chi connectivity index (χ4v) is 1.21. The summed E-state index contributed by atoms with van der Waals surface area (Å²) in [6.45, 7) is -1.93. The third-order valence-corrected chi connectivity index (χ3v) is 1.91. The molecule has 94 valence electrons. The normalized spacial score (nSPS) is 11.6. The number of alkyl halides is 3. The minimum atomic E-state index is -4.46. The van der Waals surface area contributed by atoms with Gasteiger partial charge >= 0.3 is 13.3 Å². The summed E-state index contributed by atoms with van der Waals surface area (Å²) < 4.78 is 52.5. The first-order chi connectivity index (χ1) is 7.79. The van der Waals surface area contributed by atoms with Crippen LogP contribution in [0, 0.1) is 5.82 Å². The second kappa shape index (κ2) is 5.48. The first-order valence-electron chi connectivity index (χ1n) is 4.58. The summed E-state index contributed by atoms with van der Waals surface area (Å²) in [5.41, 5.74) is -0.127. The molecular weight excluding hydrogens is 243 g/mol. The molecule has 1 aromatic carbocycles. The standard InChI is InChI=1S/C9H9BF4O3/c11-7-2-1-6(8(3-7)10(15)16)4-17-5-9(12,13)14/h1-3,15-16H,4-5H2. The zero-order valence-corrected chi connectivity index (χ0v) is 8.54. The summed E-state index contributed by atoms with van der Waals surface area (Å²) in [4.78, 5) is 0. The molecule has 0 bridgehead atoms. The van der Waals surface area contributed by atoms with E-state index < -0.39 is 32.3 Å². The van der Waals surface area contributed by atoms with Gasteiger partial charge in [-0.15, -0.1) is 0 Å².